The highest BCUT2D eigenvalue weighted by Gasteiger charge is 2.25. The molecule has 1 aromatic carbocycles. The highest BCUT2D eigenvalue weighted by Crippen LogP contribution is 2.23. The third-order valence-corrected chi connectivity index (χ3v) is 4.68. The molecule has 3 rings (SSSR count). The molecule has 2 amide bonds. The number of aromatic nitrogens is 2. The minimum absolute atomic E-state index is 0.0138. The van der Waals surface area contributed by atoms with E-state index in [-0.39, 0.29) is 29.8 Å². The number of nitriles is 1. The molecule has 27 heavy (non-hydrogen) atoms. The molecular formula is C19H20FN5O2. The van der Waals surface area contributed by atoms with Gasteiger partial charge < -0.3 is 10.6 Å². The van der Waals surface area contributed by atoms with E-state index in [0.29, 0.717) is 30.6 Å². The molecule has 2 aromatic rings. The molecule has 0 bridgehead atoms. The summed E-state index contributed by atoms with van der Waals surface area (Å²) < 4.78 is 15.7. The first-order valence-electron chi connectivity index (χ1n) is 8.73. The summed E-state index contributed by atoms with van der Waals surface area (Å²) in [6, 6.07) is 5.99. The summed E-state index contributed by atoms with van der Waals surface area (Å²) in [7, 11) is 0. The Hall–Kier alpha value is -3.21. The Bertz CT molecular complexity index is 915. The van der Waals surface area contributed by atoms with Crippen LogP contribution in [0.1, 0.15) is 40.5 Å². The molecule has 0 spiro atoms. The van der Waals surface area contributed by atoms with Crippen molar-refractivity contribution in [3.05, 3.63) is 52.6 Å². The lowest BCUT2D eigenvalue weighted by Crippen LogP contribution is -2.33. The summed E-state index contributed by atoms with van der Waals surface area (Å²) >= 11 is 0. The summed E-state index contributed by atoms with van der Waals surface area (Å²) in [5.41, 5.74) is 1.87. The van der Waals surface area contributed by atoms with Crippen LogP contribution < -0.4 is 10.6 Å². The molecule has 1 atom stereocenters. The van der Waals surface area contributed by atoms with Crippen molar-refractivity contribution >= 4 is 11.8 Å². The Morgan fingerprint density at radius 3 is 2.96 bits per heavy atom. The van der Waals surface area contributed by atoms with Crippen molar-refractivity contribution in [2.24, 2.45) is 5.92 Å². The van der Waals surface area contributed by atoms with Gasteiger partial charge in [-0.15, -0.1) is 0 Å². The number of aryl methyl sites for hydroxylation is 1. The highest BCUT2D eigenvalue weighted by molar-refractivity contribution is 5.95. The van der Waals surface area contributed by atoms with Crippen LogP contribution in [-0.2, 0) is 24.3 Å². The monoisotopic (exact) mass is 369 g/mol. The van der Waals surface area contributed by atoms with Crippen molar-refractivity contribution < 1.29 is 14.0 Å². The van der Waals surface area contributed by atoms with E-state index < -0.39 is 5.82 Å². The van der Waals surface area contributed by atoms with E-state index in [2.05, 4.69) is 15.7 Å². The Kier molecular flexibility index (Phi) is 5.50. The van der Waals surface area contributed by atoms with Gasteiger partial charge in [-0.05, 0) is 37.0 Å². The largest absolute Gasteiger partial charge is 0.356 e. The summed E-state index contributed by atoms with van der Waals surface area (Å²) in [5.74, 6) is -0.636. The molecule has 2 N–H and O–H groups in total. The number of halogens is 1. The molecule has 0 radical (unpaired) electrons. The molecule has 7 nitrogen and oxygen atoms in total. The van der Waals surface area contributed by atoms with Gasteiger partial charge in [-0.2, -0.15) is 10.4 Å². The van der Waals surface area contributed by atoms with Gasteiger partial charge >= 0.3 is 0 Å². The van der Waals surface area contributed by atoms with Crippen LogP contribution in [0.15, 0.2) is 24.4 Å². The van der Waals surface area contributed by atoms with Crippen LogP contribution in [0, 0.1) is 23.1 Å². The van der Waals surface area contributed by atoms with Gasteiger partial charge in [0.1, 0.15) is 5.82 Å². The number of benzene rings is 1. The molecular weight excluding hydrogens is 349 g/mol. The zero-order chi connectivity index (χ0) is 19.4. The van der Waals surface area contributed by atoms with E-state index in [1.54, 1.807) is 4.68 Å². The van der Waals surface area contributed by atoms with Crippen LogP contribution in [0.3, 0.4) is 0 Å². The standard InChI is InChI=1S/C19H20FN5O2/c1-12(26)22-9-14-4-5-25-18(7-14)16(11-24-25)19(27)23-10-15-6-13(8-21)2-3-17(15)20/h2-3,6,11,14H,4-5,7,9-10H2,1H3,(H,22,26)(H,23,27). The maximum atomic E-state index is 13.9. The number of nitrogens with one attached hydrogen (secondary N) is 2. The summed E-state index contributed by atoms with van der Waals surface area (Å²) in [6.45, 7) is 2.71. The zero-order valence-electron chi connectivity index (χ0n) is 15.0. The van der Waals surface area contributed by atoms with E-state index in [4.69, 9.17) is 5.26 Å². The van der Waals surface area contributed by atoms with Gasteiger partial charge in [0, 0.05) is 32.1 Å². The van der Waals surface area contributed by atoms with Gasteiger partial charge in [-0.25, -0.2) is 4.39 Å². The average molecular weight is 369 g/mol. The summed E-state index contributed by atoms with van der Waals surface area (Å²) in [4.78, 5) is 23.7. The number of fused-ring (bicyclic) bond motifs is 1. The molecule has 2 heterocycles. The Balaban J connectivity index is 1.68. The summed E-state index contributed by atoms with van der Waals surface area (Å²) in [5, 5.41) is 18.7. The second kappa shape index (κ2) is 7.99. The van der Waals surface area contributed by atoms with Crippen LogP contribution in [0.25, 0.3) is 0 Å². The molecule has 1 aliphatic heterocycles. The van der Waals surface area contributed by atoms with Crippen molar-refractivity contribution in [3.8, 4) is 6.07 Å². The van der Waals surface area contributed by atoms with Crippen molar-refractivity contribution in [1.82, 2.24) is 20.4 Å². The van der Waals surface area contributed by atoms with Crippen LogP contribution in [0.2, 0.25) is 0 Å². The summed E-state index contributed by atoms with van der Waals surface area (Å²) in [6.07, 6.45) is 3.04. The fourth-order valence-electron chi connectivity index (χ4n) is 3.20. The van der Waals surface area contributed by atoms with Crippen molar-refractivity contribution in [2.75, 3.05) is 6.54 Å². The SMILES string of the molecule is CC(=O)NCC1CCn2ncc(C(=O)NCc3cc(C#N)ccc3F)c2C1. The van der Waals surface area contributed by atoms with Gasteiger partial charge in [0.2, 0.25) is 5.91 Å². The molecule has 1 aliphatic rings. The Morgan fingerprint density at radius 1 is 1.41 bits per heavy atom. The molecule has 1 unspecified atom stereocenters. The van der Waals surface area contributed by atoms with Crippen LogP contribution in [-0.4, -0.2) is 28.1 Å². The van der Waals surface area contributed by atoms with Crippen LogP contribution in [0.5, 0.6) is 0 Å². The van der Waals surface area contributed by atoms with Crippen molar-refractivity contribution in [2.45, 2.75) is 32.9 Å². The van der Waals surface area contributed by atoms with Crippen molar-refractivity contribution in [1.29, 1.82) is 5.26 Å². The number of carbonyl (C=O) groups excluding carboxylic acids is 2. The van der Waals surface area contributed by atoms with Gasteiger partial charge in [0.15, 0.2) is 0 Å². The lowest BCUT2D eigenvalue weighted by Gasteiger charge is -2.24. The number of nitrogens with zero attached hydrogens (tertiary/aromatic N) is 3. The Labute approximate surface area is 156 Å². The first kappa shape index (κ1) is 18.6. The zero-order valence-corrected chi connectivity index (χ0v) is 15.0. The number of hydrogen-bond acceptors (Lipinski definition) is 4. The minimum Gasteiger partial charge on any atom is -0.356 e. The van der Waals surface area contributed by atoms with Gasteiger partial charge in [-0.3, -0.25) is 14.3 Å². The first-order chi connectivity index (χ1) is 13.0. The lowest BCUT2D eigenvalue weighted by atomic mass is 9.94. The fraction of sp³-hybridized carbons (Fsp3) is 0.368. The van der Waals surface area contributed by atoms with Crippen LogP contribution >= 0.6 is 0 Å². The van der Waals surface area contributed by atoms with E-state index in [1.807, 2.05) is 6.07 Å². The topological polar surface area (TPSA) is 99.8 Å². The fourth-order valence-corrected chi connectivity index (χ4v) is 3.20. The number of hydrogen-bond donors (Lipinski definition) is 2. The normalized spacial score (nSPS) is 15.5. The second-order valence-electron chi connectivity index (χ2n) is 6.62. The van der Waals surface area contributed by atoms with E-state index in [0.717, 1.165) is 12.1 Å². The maximum absolute atomic E-state index is 13.9. The van der Waals surface area contributed by atoms with E-state index in [9.17, 15) is 14.0 Å². The predicted octanol–water partition coefficient (Wildman–Crippen LogP) is 1.52. The molecule has 0 saturated carbocycles. The molecule has 0 aliphatic carbocycles. The average Bonchev–Trinajstić information content (AvgIpc) is 3.08. The van der Waals surface area contributed by atoms with E-state index >= 15 is 0 Å². The van der Waals surface area contributed by atoms with Gasteiger partial charge in [-0.1, -0.05) is 0 Å². The first-order valence-corrected chi connectivity index (χ1v) is 8.73. The molecule has 0 saturated heterocycles. The molecule has 140 valence electrons. The Morgan fingerprint density at radius 2 is 2.22 bits per heavy atom. The molecule has 1 aromatic heterocycles. The lowest BCUT2D eigenvalue weighted by molar-refractivity contribution is -0.119. The second-order valence-corrected chi connectivity index (χ2v) is 6.62. The number of rotatable bonds is 5. The van der Waals surface area contributed by atoms with Gasteiger partial charge in [0.25, 0.3) is 5.91 Å². The van der Waals surface area contributed by atoms with Crippen LogP contribution in [0.4, 0.5) is 4.39 Å². The number of amides is 2. The van der Waals surface area contributed by atoms with E-state index in [1.165, 1.54) is 31.3 Å². The minimum atomic E-state index is -0.471. The molecule has 8 heteroatoms. The van der Waals surface area contributed by atoms with Gasteiger partial charge in [0.05, 0.1) is 29.1 Å². The number of carbonyl (C=O) groups is 2. The third-order valence-electron chi connectivity index (χ3n) is 4.68. The highest BCUT2D eigenvalue weighted by atomic mass is 19.1. The van der Waals surface area contributed by atoms with Crippen molar-refractivity contribution in [3.63, 3.8) is 0 Å². The molecule has 0 fully saturated rings. The quantitative estimate of drug-likeness (QED) is 0.835. The maximum Gasteiger partial charge on any atom is 0.255 e. The smallest absolute Gasteiger partial charge is 0.255 e. The third kappa shape index (κ3) is 4.31. The predicted molar refractivity (Wildman–Crippen MR) is 95.0 cm³/mol.